The standard InChI is InChI=1S/C12H17NO3S/c1-13(7-10-4-2-3-5-16-10)9-6-11(12(14)15)17-8-9/h6,8,10H,2-5,7H2,1H3,(H,14,15). The Morgan fingerprint density at radius 3 is 3.06 bits per heavy atom. The molecule has 0 saturated carbocycles. The molecule has 17 heavy (non-hydrogen) atoms. The third-order valence-corrected chi connectivity index (χ3v) is 3.89. The third-order valence-electron chi connectivity index (χ3n) is 2.99. The van der Waals surface area contributed by atoms with E-state index in [9.17, 15) is 4.79 Å². The van der Waals surface area contributed by atoms with Crippen LogP contribution in [-0.4, -0.2) is 37.4 Å². The largest absolute Gasteiger partial charge is 0.477 e. The number of anilines is 1. The molecule has 0 aliphatic carbocycles. The maximum atomic E-state index is 10.8. The topological polar surface area (TPSA) is 49.8 Å². The lowest BCUT2D eigenvalue weighted by atomic mass is 10.1. The monoisotopic (exact) mass is 255 g/mol. The molecule has 1 fully saturated rings. The van der Waals surface area contributed by atoms with Gasteiger partial charge < -0.3 is 14.7 Å². The van der Waals surface area contributed by atoms with Crippen molar-refractivity contribution >= 4 is 23.0 Å². The number of carboxylic acids is 1. The fourth-order valence-corrected chi connectivity index (χ4v) is 2.79. The van der Waals surface area contributed by atoms with Crippen molar-refractivity contribution in [2.24, 2.45) is 0 Å². The normalized spacial score (nSPS) is 20.2. The molecule has 1 aliphatic heterocycles. The van der Waals surface area contributed by atoms with E-state index < -0.39 is 5.97 Å². The number of thiophene rings is 1. The first-order chi connectivity index (χ1) is 8.16. The van der Waals surface area contributed by atoms with Crippen LogP contribution in [0.2, 0.25) is 0 Å². The van der Waals surface area contributed by atoms with Crippen LogP contribution in [0.1, 0.15) is 28.9 Å². The summed E-state index contributed by atoms with van der Waals surface area (Å²) in [4.78, 5) is 13.2. The maximum Gasteiger partial charge on any atom is 0.345 e. The molecule has 1 aromatic rings. The number of rotatable bonds is 4. The van der Waals surface area contributed by atoms with Crippen LogP contribution in [0.5, 0.6) is 0 Å². The molecule has 94 valence electrons. The van der Waals surface area contributed by atoms with E-state index in [-0.39, 0.29) is 6.10 Å². The highest BCUT2D eigenvalue weighted by molar-refractivity contribution is 7.12. The number of carboxylic acid groups (broad SMARTS) is 1. The molecule has 1 unspecified atom stereocenters. The summed E-state index contributed by atoms with van der Waals surface area (Å²) in [6, 6.07) is 1.72. The van der Waals surface area contributed by atoms with E-state index in [0.29, 0.717) is 4.88 Å². The second-order valence-electron chi connectivity index (χ2n) is 4.34. The second-order valence-corrected chi connectivity index (χ2v) is 5.25. The first-order valence-corrected chi connectivity index (χ1v) is 6.69. The minimum Gasteiger partial charge on any atom is -0.477 e. The predicted molar refractivity (Wildman–Crippen MR) is 68.1 cm³/mol. The van der Waals surface area contributed by atoms with Gasteiger partial charge in [-0.05, 0) is 25.3 Å². The van der Waals surface area contributed by atoms with Crippen molar-refractivity contribution in [2.45, 2.75) is 25.4 Å². The summed E-state index contributed by atoms with van der Waals surface area (Å²) in [5.41, 5.74) is 0.960. The summed E-state index contributed by atoms with van der Waals surface area (Å²) in [6.45, 7) is 1.68. The number of nitrogens with zero attached hydrogens (tertiary/aromatic N) is 1. The zero-order valence-electron chi connectivity index (χ0n) is 9.89. The van der Waals surface area contributed by atoms with E-state index in [1.54, 1.807) is 6.07 Å². The van der Waals surface area contributed by atoms with Gasteiger partial charge in [0.05, 0.1) is 6.10 Å². The Morgan fingerprint density at radius 1 is 1.65 bits per heavy atom. The number of carbonyl (C=O) groups is 1. The molecule has 1 aliphatic rings. The van der Waals surface area contributed by atoms with Gasteiger partial charge in [-0.3, -0.25) is 0 Å². The SMILES string of the molecule is CN(CC1CCCCO1)c1csc(C(=O)O)c1. The van der Waals surface area contributed by atoms with E-state index in [4.69, 9.17) is 9.84 Å². The average molecular weight is 255 g/mol. The van der Waals surface area contributed by atoms with Crippen molar-refractivity contribution in [1.82, 2.24) is 0 Å². The van der Waals surface area contributed by atoms with Crippen LogP contribution in [0.25, 0.3) is 0 Å². The van der Waals surface area contributed by atoms with E-state index in [2.05, 4.69) is 4.90 Å². The van der Waals surface area contributed by atoms with Crippen LogP contribution < -0.4 is 4.90 Å². The molecule has 2 heterocycles. The Morgan fingerprint density at radius 2 is 2.47 bits per heavy atom. The van der Waals surface area contributed by atoms with E-state index in [1.165, 1.54) is 17.8 Å². The fraction of sp³-hybridized carbons (Fsp3) is 0.583. The number of aromatic carboxylic acids is 1. The van der Waals surface area contributed by atoms with Crippen molar-refractivity contribution in [3.63, 3.8) is 0 Å². The van der Waals surface area contributed by atoms with Crippen molar-refractivity contribution in [2.75, 3.05) is 25.1 Å². The second kappa shape index (κ2) is 5.51. The summed E-state index contributed by atoms with van der Waals surface area (Å²) < 4.78 is 5.67. The molecule has 0 radical (unpaired) electrons. The number of ether oxygens (including phenoxy) is 1. The maximum absolute atomic E-state index is 10.8. The summed E-state index contributed by atoms with van der Waals surface area (Å²) in [5.74, 6) is -0.858. The molecule has 1 N–H and O–H groups in total. The zero-order valence-corrected chi connectivity index (χ0v) is 10.7. The van der Waals surface area contributed by atoms with Crippen molar-refractivity contribution in [3.8, 4) is 0 Å². The Kier molecular flexibility index (Phi) is 4.02. The van der Waals surface area contributed by atoms with Crippen LogP contribution >= 0.6 is 11.3 Å². The first-order valence-electron chi connectivity index (χ1n) is 5.81. The van der Waals surface area contributed by atoms with E-state index in [1.807, 2.05) is 12.4 Å². The van der Waals surface area contributed by atoms with Gasteiger partial charge in [0.15, 0.2) is 0 Å². The van der Waals surface area contributed by atoms with Gasteiger partial charge in [-0.15, -0.1) is 11.3 Å². The van der Waals surface area contributed by atoms with Crippen molar-refractivity contribution in [1.29, 1.82) is 0 Å². The lowest BCUT2D eigenvalue weighted by Crippen LogP contribution is -2.33. The molecule has 0 spiro atoms. The molecule has 4 nitrogen and oxygen atoms in total. The van der Waals surface area contributed by atoms with Gasteiger partial charge in [0.25, 0.3) is 0 Å². The van der Waals surface area contributed by atoms with Crippen LogP contribution in [-0.2, 0) is 4.74 Å². The Balaban J connectivity index is 1.93. The van der Waals surface area contributed by atoms with Crippen LogP contribution in [0.15, 0.2) is 11.4 Å². The summed E-state index contributed by atoms with van der Waals surface area (Å²) >= 11 is 1.27. The van der Waals surface area contributed by atoms with Gasteiger partial charge in [0.1, 0.15) is 4.88 Å². The van der Waals surface area contributed by atoms with Crippen LogP contribution in [0, 0.1) is 0 Å². The highest BCUT2D eigenvalue weighted by Gasteiger charge is 2.17. The number of likely N-dealkylation sites (N-methyl/N-ethyl adjacent to an activating group) is 1. The molecular formula is C12H17NO3S. The average Bonchev–Trinajstić information content (AvgIpc) is 2.79. The quantitative estimate of drug-likeness (QED) is 0.898. The number of hydrogen-bond donors (Lipinski definition) is 1. The Bertz CT molecular complexity index is 385. The summed E-state index contributed by atoms with van der Waals surface area (Å²) in [6.07, 6.45) is 3.76. The first kappa shape index (κ1) is 12.4. The lowest BCUT2D eigenvalue weighted by molar-refractivity contribution is 0.0216. The highest BCUT2D eigenvalue weighted by atomic mass is 32.1. The van der Waals surface area contributed by atoms with Crippen molar-refractivity contribution in [3.05, 3.63) is 16.3 Å². The molecule has 1 saturated heterocycles. The summed E-state index contributed by atoms with van der Waals surface area (Å²) in [7, 11) is 1.98. The highest BCUT2D eigenvalue weighted by Crippen LogP contribution is 2.24. The minimum absolute atomic E-state index is 0.280. The smallest absolute Gasteiger partial charge is 0.345 e. The van der Waals surface area contributed by atoms with Gasteiger partial charge in [0.2, 0.25) is 0 Å². The van der Waals surface area contributed by atoms with Gasteiger partial charge >= 0.3 is 5.97 Å². The van der Waals surface area contributed by atoms with Crippen LogP contribution in [0.4, 0.5) is 5.69 Å². The molecule has 1 aromatic heterocycles. The Labute approximate surface area is 105 Å². The van der Waals surface area contributed by atoms with E-state index in [0.717, 1.165) is 31.7 Å². The van der Waals surface area contributed by atoms with Gasteiger partial charge in [-0.1, -0.05) is 0 Å². The molecule has 1 atom stereocenters. The summed E-state index contributed by atoms with van der Waals surface area (Å²) in [5, 5.41) is 10.7. The van der Waals surface area contributed by atoms with Crippen LogP contribution in [0.3, 0.4) is 0 Å². The third kappa shape index (κ3) is 3.20. The lowest BCUT2D eigenvalue weighted by Gasteiger charge is -2.28. The molecule has 0 bridgehead atoms. The van der Waals surface area contributed by atoms with Crippen molar-refractivity contribution < 1.29 is 14.6 Å². The minimum atomic E-state index is -0.858. The Hall–Kier alpha value is -1.07. The van der Waals surface area contributed by atoms with E-state index >= 15 is 0 Å². The molecule has 0 amide bonds. The van der Waals surface area contributed by atoms with Gasteiger partial charge in [-0.25, -0.2) is 4.79 Å². The molecule has 2 rings (SSSR count). The molecule has 0 aromatic carbocycles. The molecular weight excluding hydrogens is 238 g/mol. The van der Waals surface area contributed by atoms with Gasteiger partial charge in [-0.2, -0.15) is 0 Å². The predicted octanol–water partition coefficient (Wildman–Crippen LogP) is 2.45. The zero-order chi connectivity index (χ0) is 12.3. The van der Waals surface area contributed by atoms with Gasteiger partial charge in [0, 0.05) is 31.3 Å². The number of hydrogen-bond acceptors (Lipinski definition) is 4. The molecule has 5 heteroatoms. The fourth-order valence-electron chi connectivity index (χ4n) is 2.00.